The van der Waals surface area contributed by atoms with Crippen LogP contribution in [0.25, 0.3) is 0 Å². The third-order valence-electron chi connectivity index (χ3n) is 4.06. The third kappa shape index (κ3) is 2.76. The summed E-state index contributed by atoms with van der Waals surface area (Å²) in [5.41, 5.74) is -1.45. The van der Waals surface area contributed by atoms with Gasteiger partial charge in [-0.05, 0) is 40.8 Å². The zero-order valence-electron chi connectivity index (χ0n) is 11.2. The van der Waals surface area contributed by atoms with E-state index in [0.29, 0.717) is 0 Å². The fourth-order valence-corrected chi connectivity index (χ4v) is 4.59. The van der Waals surface area contributed by atoms with Crippen LogP contribution >= 0.6 is 27.3 Å². The lowest BCUT2D eigenvalue weighted by atomic mass is 9.71. The van der Waals surface area contributed by atoms with Crippen molar-refractivity contribution in [2.45, 2.75) is 32.1 Å². The van der Waals surface area contributed by atoms with E-state index < -0.39 is 17.4 Å². The van der Waals surface area contributed by atoms with Gasteiger partial charge < -0.3 is 9.84 Å². The zero-order chi connectivity index (χ0) is 14.8. The average Bonchev–Trinajstić information content (AvgIpc) is 3.06. The molecule has 4 nitrogen and oxygen atoms in total. The number of carbonyl (C=O) groups excluding carboxylic acids is 1. The number of methoxy groups -OCH3 is 1. The van der Waals surface area contributed by atoms with Gasteiger partial charge in [-0.25, -0.2) is 0 Å². The molecule has 1 aliphatic rings. The van der Waals surface area contributed by atoms with E-state index in [9.17, 15) is 14.7 Å². The Kier molecular flexibility index (Phi) is 4.86. The Morgan fingerprint density at radius 3 is 2.60 bits per heavy atom. The van der Waals surface area contributed by atoms with E-state index in [-0.39, 0.29) is 12.3 Å². The largest absolute Gasteiger partial charge is 0.480 e. The first kappa shape index (κ1) is 15.5. The lowest BCUT2D eigenvalue weighted by molar-refractivity contribution is -0.171. The first-order chi connectivity index (χ1) is 9.50. The van der Waals surface area contributed by atoms with Crippen LogP contribution < -0.4 is 0 Å². The molecule has 110 valence electrons. The Morgan fingerprint density at radius 1 is 1.50 bits per heavy atom. The molecule has 1 atom stereocenters. The topological polar surface area (TPSA) is 63.6 Å². The number of carboxylic acids is 1. The van der Waals surface area contributed by atoms with E-state index >= 15 is 0 Å². The van der Waals surface area contributed by atoms with Crippen LogP contribution in [0, 0.1) is 11.3 Å². The van der Waals surface area contributed by atoms with Crippen LogP contribution in [-0.4, -0.2) is 24.2 Å². The zero-order valence-corrected chi connectivity index (χ0v) is 13.6. The molecule has 1 fully saturated rings. The lowest BCUT2D eigenvalue weighted by Gasteiger charge is -2.32. The maximum Gasteiger partial charge on any atom is 0.323 e. The van der Waals surface area contributed by atoms with Crippen molar-refractivity contribution in [2.75, 3.05) is 7.11 Å². The van der Waals surface area contributed by atoms with E-state index in [1.165, 1.54) is 18.4 Å². The minimum Gasteiger partial charge on any atom is -0.480 e. The summed E-state index contributed by atoms with van der Waals surface area (Å²) < 4.78 is 5.75. The van der Waals surface area contributed by atoms with Crippen molar-refractivity contribution in [3.8, 4) is 0 Å². The summed E-state index contributed by atoms with van der Waals surface area (Å²) in [4.78, 5) is 25.1. The molecular weight excluding hydrogens is 344 g/mol. The average molecular weight is 361 g/mol. The summed E-state index contributed by atoms with van der Waals surface area (Å²) in [7, 11) is 1.26. The van der Waals surface area contributed by atoms with Gasteiger partial charge in [0.05, 0.1) is 7.11 Å². The second kappa shape index (κ2) is 6.26. The SMILES string of the molecule is COC(=O)C(Cc1cc(Br)cs1)(C(=O)O)C1CCCC1. The molecule has 0 aliphatic heterocycles. The molecular formula is C14H17BrO4S. The smallest absolute Gasteiger partial charge is 0.323 e. The monoisotopic (exact) mass is 360 g/mol. The second-order valence-electron chi connectivity index (χ2n) is 5.16. The van der Waals surface area contributed by atoms with E-state index in [2.05, 4.69) is 15.9 Å². The third-order valence-corrected chi connectivity index (χ3v) is 5.76. The van der Waals surface area contributed by atoms with Gasteiger partial charge >= 0.3 is 11.9 Å². The van der Waals surface area contributed by atoms with Gasteiger partial charge in [0.2, 0.25) is 0 Å². The number of hydrogen-bond acceptors (Lipinski definition) is 4. The molecule has 6 heteroatoms. The Hall–Kier alpha value is -0.880. The van der Waals surface area contributed by atoms with Crippen LogP contribution in [0.4, 0.5) is 0 Å². The predicted octanol–water partition coefficient (Wildman–Crippen LogP) is 3.49. The number of esters is 1. The molecule has 0 radical (unpaired) electrons. The van der Waals surface area contributed by atoms with E-state index in [0.717, 1.165) is 35.0 Å². The molecule has 2 rings (SSSR count). The number of ether oxygens (including phenoxy) is 1. The number of thiophene rings is 1. The van der Waals surface area contributed by atoms with Gasteiger partial charge in [-0.2, -0.15) is 0 Å². The van der Waals surface area contributed by atoms with E-state index in [4.69, 9.17) is 4.74 Å². The van der Waals surface area contributed by atoms with Crippen LogP contribution in [0.15, 0.2) is 15.9 Å². The summed E-state index contributed by atoms with van der Waals surface area (Å²) >= 11 is 4.82. The highest BCUT2D eigenvalue weighted by Gasteiger charge is 2.54. The van der Waals surface area contributed by atoms with Gasteiger partial charge in [0.1, 0.15) is 0 Å². The van der Waals surface area contributed by atoms with Gasteiger partial charge in [-0.3, -0.25) is 9.59 Å². The summed E-state index contributed by atoms with van der Waals surface area (Å²) in [6.45, 7) is 0. The van der Waals surface area contributed by atoms with Crippen molar-refractivity contribution in [2.24, 2.45) is 11.3 Å². The number of rotatable bonds is 5. The molecule has 0 spiro atoms. The quantitative estimate of drug-likeness (QED) is 0.644. The molecule has 20 heavy (non-hydrogen) atoms. The van der Waals surface area contributed by atoms with Crippen molar-refractivity contribution in [3.05, 3.63) is 20.8 Å². The molecule has 0 amide bonds. The molecule has 1 heterocycles. The first-order valence-corrected chi connectivity index (χ1v) is 8.22. The lowest BCUT2D eigenvalue weighted by Crippen LogP contribution is -2.47. The van der Waals surface area contributed by atoms with Crippen molar-refractivity contribution < 1.29 is 19.4 Å². The normalized spacial score (nSPS) is 18.7. The predicted molar refractivity (Wildman–Crippen MR) is 79.8 cm³/mol. The maximum absolute atomic E-state index is 12.3. The molecule has 1 saturated carbocycles. The molecule has 1 aliphatic carbocycles. The number of halogens is 1. The van der Waals surface area contributed by atoms with Crippen LogP contribution in [-0.2, 0) is 20.7 Å². The summed E-state index contributed by atoms with van der Waals surface area (Å²) in [6, 6.07) is 1.88. The van der Waals surface area contributed by atoms with Gasteiger partial charge in [-0.1, -0.05) is 12.8 Å². The minimum absolute atomic E-state index is 0.145. The Bertz CT molecular complexity index is 507. The van der Waals surface area contributed by atoms with Gasteiger partial charge in [-0.15, -0.1) is 11.3 Å². The Labute approximate surface area is 130 Å². The molecule has 1 unspecified atom stereocenters. The van der Waals surface area contributed by atoms with Crippen LogP contribution in [0.5, 0.6) is 0 Å². The molecule has 0 bridgehead atoms. The fraction of sp³-hybridized carbons (Fsp3) is 0.571. The van der Waals surface area contributed by atoms with Gasteiger partial charge in [0.25, 0.3) is 0 Å². The van der Waals surface area contributed by atoms with Gasteiger partial charge in [0, 0.05) is 21.2 Å². The highest BCUT2D eigenvalue weighted by molar-refractivity contribution is 9.10. The van der Waals surface area contributed by atoms with Crippen molar-refractivity contribution in [1.29, 1.82) is 0 Å². The van der Waals surface area contributed by atoms with E-state index in [1.807, 2.05) is 11.4 Å². The van der Waals surface area contributed by atoms with Crippen LogP contribution in [0.1, 0.15) is 30.6 Å². The Balaban J connectivity index is 2.39. The van der Waals surface area contributed by atoms with Crippen LogP contribution in [0.3, 0.4) is 0 Å². The first-order valence-electron chi connectivity index (χ1n) is 6.55. The number of hydrogen-bond donors (Lipinski definition) is 1. The molecule has 0 aromatic carbocycles. The van der Waals surface area contributed by atoms with Crippen molar-refractivity contribution >= 4 is 39.2 Å². The Morgan fingerprint density at radius 2 is 2.15 bits per heavy atom. The summed E-state index contributed by atoms with van der Waals surface area (Å²) in [5, 5.41) is 11.6. The summed E-state index contributed by atoms with van der Waals surface area (Å²) in [5.74, 6) is -1.84. The molecule has 1 aromatic heterocycles. The highest BCUT2D eigenvalue weighted by atomic mass is 79.9. The van der Waals surface area contributed by atoms with Gasteiger partial charge in [0.15, 0.2) is 5.41 Å². The van der Waals surface area contributed by atoms with Crippen molar-refractivity contribution in [3.63, 3.8) is 0 Å². The number of carbonyl (C=O) groups is 2. The summed E-state index contributed by atoms with van der Waals surface area (Å²) in [6.07, 6.45) is 3.70. The maximum atomic E-state index is 12.3. The number of carboxylic acid groups (broad SMARTS) is 1. The van der Waals surface area contributed by atoms with Crippen LogP contribution in [0.2, 0.25) is 0 Å². The van der Waals surface area contributed by atoms with Crippen molar-refractivity contribution in [1.82, 2.24) is 0 Å². The highest BCUT2D eigenvalue weighted by Crippen LogP contribution is 2.44. The fourth-order valence-electron chi connectivity index (χ4n) is 3.04. The molecule has 0 saturated heterocycles. The number of aliphatic carboxylic acids is 1. The molecule has 1 aromatic rings. The molecule has 1 N–H and O–H groups in total. The van der Waals surface area contributed by atoms with E-state index in [1.54, 1.807) is 0 Å². The second-order valence-corrected chi connectivity index (χ2v) is 7.07. The minimum atomic E-state index is -1.45. The standard InChI is InChI=1S/C14H17BrO4S/c1-19-13(18)14(12(16)17,9-4-2-3-5-9)7-11-6-10(15)8-20-11/h6,8-9H,2-5,7H2,1H3,(H,16,17).